The first-order valence-electron chi connectivity index (χ1n) is 6.67. The zero-order valence-electron chi connectivity index (χ0n) is 11.2. The lowest BCUT2D eigenvalue weighted by Gasteiger charge is -2.28. The van der Waals surface area contributed by atoms with Gasteiger partial charge in [-0.2, -0.15) is 0 Å². The van der Waals surface area contributed by atoms with E-state index in [0.717, 1.165) is 37.0 Å². The first-order chi connectivity index (χ1) is 9.17. The summed E-state index contributed by atoms with van der Waals surface area (Å²) in [5.41, 5.74) is 0.790. The maximum absolute atomic E-state index is 10.6. The molecule has 0 heterocycles. The highest BCUT2D eigenvalue weighted by Crippen LogP contribution is 2.25. The minimum Gasteiger partial charge on any atom is -0.490 e. The summed E-state index contributed by atoms with van der Waals surface area (Å²) in [7, 11) is 1.74. The van der Waals surface area contributed by atoms with Crippen molar-refractivity contribution in [3.8, 4) is 5.75 Å². The number of aliphatic carboxylic acids is 1. The maximum atomic E-state index is 10.6. The minimum absolute atomic E-state index is 0.0510. The average molecular weight is 264 g/mol. The largest absolute Gasteiger partial charge is 0.490 e. The van der Waals surface area contributed by atoms with Gasteiger partial charge in [0, 0.05) is 13.5 Å². The molecular formula is C15H20O4. The number of carbonyl (C=O) groups is 1. The third-order valence-electron chi connectivity index (χ3n) is 3.49. The molecule has 0 saturated heterocycles. The van der Waals surface area contributed by atoms with Crippen LogP contribution in [-0.2, 0) is 16.0 Å². The summed E-state index contributed by atoms with van der Waals surface area (Å²) in [4.78, 5) is 10.6. The van der Waals surface area contributed by atoms with Crippen molar-refractivity contribution in [2.45, 2.75) is 44.3 Å². The summed E-state index contributed by atoms with van der Waals surface area (Å²) in [5.74, 6) is -0.0141. The van der Waals surface area contributed by atoms with Crippen LogP contribution in [0, 0.1) is 0 Å². The van der Waals surface area contributed by atoms with Crippen LogP contribution >= 0.6 is 0 Å². The summed E-state index contributed by atoms with van der Waals surface area (Å²) in [6.45, 7) is 0. The Kier molecular flexibility index (Phi) is 4.80. The van der Waals surface area contributed by atoms with Crippen molar-refractivity contribution in [2.24, 2.45) is 0 Å². The van der Waals surface area contributed by atoms with E-state index >= 15 is 0 Å². The molecule has 0 aromatic heterocycles. The molecule has 1 saturated carbocycles. The van der Waals surface area contributed by atoms with E-state index in [9.17, 15) is 4.79 Å². The summed E-state index contributed by atoms with van der Waals surface area (Å²) in [6, 6.07) is 7.30. The van der Waals surface area contributed by atoms with E-state index in [4.69, 9.17) is 14.6 Å². The van der Waals surface area contributed by atoms with E-state index in [1.165, 1.54) is 0 Å². The fourth-order valence-electron chi connectivity index (χ4n) is 2.48. The van der Waals surface area contributed by atoms with Gasteiger partial charge in [-0.3, -0.25) is 4.79 Å². The molecular weight excluding hydrogens is 244 g/mol. The number of hydrogen-bond donors (Lipinski definition) is 1. The number of methoxy groups -OCH3 is 1. The average Bonchev–Trinajstić information content (AvgIpc) is 2.41. The van der Waals surface area contributed by atoms with Gasteiger partial charge in [-0.25, -0.2) is 0 Å². The maximum Gasteiger partial charge on any atom is 0.307 e. The van der Waals surface area contributed by atoms with Gasteiger partial charge in [-0.15, -0.1) is 0 Å². The molecule has 0 bridgehead atoms. The molecule has 0 spiro atoms. The summed E-state index contributed by atoms with van der Waals surface area (Å²) in [6.07, 6.45) is 4.75. The molecule has 1 fully saturated rings. The van der Waals surface area contributed by atoms with Gasteiger partial charge in [-0.1, -0.05) is 12.1 Å². The summed E-state index contributed by atoms with van der Waals surface area (Å²) < 4.78 is 11.3. The molecule has 104 valence electrons. The second-order valence-corrected chi connectivity index (χ2v) is 4.98. The molecule has 1 aromatic carbocycles. The Hall–Kier alpha value is -1.55. The van der Waals surface area contributed by atoms with E-state index in [1.807, 2.05) is 12.1 Å². The van der Waals surface area contributed by atoms with Gasteiger partial charge in [0.2, 0.25) is 0 Å². The van der Waals surface area contributed by atoms with E-state index in [-0.39, 0.29) is 12.5 Å². The van der Waals surface area contributed by atoms with Crippen LogP contribution in [0.5, 0.6) is 5.75 Å². The molecule has 19 heavy (non-hydrogen) atoms. The lowest BCUT2D eigenvalue weighted by molar-refractivity contribution is -0.136. The molecule has 1 aliphatic rings. The Labute approximate surface area is 113 Å². The summed E-state index contributed by atoms with van der Waals surface area (Å²) in [5, 5.41) is 8.71. The van der Waals surface area contributed by atoms with Crippen LogP contribution < -0.4 is 4.74 Å². The Morgan fingerprint density at radius 3 is 2.58 bits per heavy atom. The topological polar surface area (TPSA) is 55.8 Å². The van der Waals surface area contributed by atoms with Crippen molar-refractivity contribution < 1.29 is 19.4 Å². The third-order valence-corrected chi connectivity index (χ3v) is 3.49. The molecule has 2 rings (SSSR count). The highest BCUT2D eigenvalue weighted by atomic mass is 16.5. The first-order valence-corrected chi connectivity index (χ1v) is 6.67. The third kappa shape index (κ3) is 4.24. The van der Waals surface area contributed by atoms with Crippen LogP contribution in [0.2, 0.25) is 0 Å². The highest BCUT2D eigenvalue weighted by molar-refractivity contribution is 5.70. The van der Waals surface area contributed by atoms with Gasteiger partial charge in [0.1, 0.15) is 11.9 Å². The molecule has 1 aromatic rings. The van der Waals surface area contributed by atoms with Crippen LogP contribution in [0.3, 0.4) is 0 Å². The predicted molar refractivity (Wildman–Crippen MR) is 71.5 cm³/mol. The van der Waals surface area contributed by atoms with Crippen molar-refractivity contribution in [2.75, 3.05) is 7.11 Å². The zero-order valence-corrected chi connectivity index (χ0v) is 11.2. The molecule has 2 unspecified atom stereocenters. The monoisotopic (exact) mass is 264 g/mol. The van der Waals surface area contributed by atoms with Crippen molar-refractivity contribution in [1.82, 2.24) is 0 Å². The lowest BCUT2D eigenvalue weighted by Crippen LogP contribution is -2.29. The van der Waals surface area contributed by atoms with Crippen LogP contribution in [0.1, 0.15) is 31.2 Å². The number of hydrogen-bond acceptors (Lipinski definition) is 3. The molecule has 4 nitrogen and oxygen atoms in total. The van der Waals surface area contributed by atoms with Gasteiger partial charge < -0.3 is 14.6 Å². The smallest absolute Gasteiger partial charge is 0.307 e. The fourth-order valence-corrected chi connectivity index (χ4v) is 2.48. The van der Waals surface area contributed by atoms with E-state index in [1.54, 1.807) is 19.2 Å². The second kappa shape index (κ2) is 6.57. The van der Waals surface area contributed by atoms with E-state index in [0.29, 0.717) is 6.10 Å². The van der Waals surface area contributed by atoms with Crippen molar-refractivity contribution in [3.63, 3.8) is 0 Å². The van der Waals surface area contributed by atoms with Gasteiger partial charge in [0.05, 0.1) is 12.5 Å². The number of carboxylic acids is 1. The van der Waals surface area contributed by atoms with E-state index < -0.39 is 5.97 Å². The van der Waals surface area contributed by atoms with Crippen LogP contribution in [0.4, 0.5) is 0 Å². The number of rotatable bonds is 5. The van der Waals surface area contributed by atoms with E-state index in [2.05, 4.69) is 0 Å². The number of ether oxygens (including phenoxy) is 2. The predicted octanol–water partition coefficient (Wildman–Crippen LogP) is 2.65. The molecule has 0 amide bonds. The molecule has 1 N–H and O–H groups in total. The highest BCUT2D eigenvalue weighted by Gasteiger charge is 2.22. The molecule has 4 heteroatoms. The van der Waals surface area contributed by atoms with Gasteiger partial charge in [-0.05, 0) is 37.0 Å². The van der Waals surface area contributed by atoms with Crippen LogP contribution in [0.25, 0.3) is 0 Å². The van der Waals surface area contributed by atoms with Gasteiger partial charge >= 0.3 is 5.97 Å². The Bertz CT molecular complexity index is 413. The van der Waals surface area contributed by atoms with Crippen molar-refractivity contribution in [1.29, 1.82) is 0 Å². The van der Waals surface area contributed by atoms with Gasteiger partial charge in [0.15, 0.2) is 0 Å². The number of benzene rings is 1. The Morgan fingerprint density at radius 1 is 1.26 bits per heavy atom. The van der Waals surface area contributed by atoms with Crippen LogP contribution in [-0.4, -0.2) is 30.4 Å². The second-order valence-electron chi connectivity index (χ2n) is 4.98. The molecule has 1 aliphatic carbocycles. The van der Waals surface area contributed by atoms with Crippen molar-refractivity contribution in [3.05, 3.63) is 29.8 Å². The SMILES string of the molecule is COC1CCCC(Oc2ccc(CC(=O)O)cc2)C1. The van der Waals surface area contributed by atoms with Gasteiger partial charge in [0.25, 0.3) is 0 Å². The quantitative estimate of drug-likeness (QED) is 0.888. The molecule has 0 aliphatic heterocycles. The standard InChI is InChI=1S/C15H20O4/c1-18-13-3-2-4-14(10-13)19-12-7-5-11(6-8-12)9-15(16)17/h5-8,13-14H,2-4,9-10H2,1H3,(H,16,17). The molecule has 0 radical (unpaired) electrons. The van der Waals surface area contributed by atoms with Crippen LogP contribution in [0.15, 0.2) is 24.3 Å². The lowest BCUT2D eigenvalue weighted by atomic mass is 9.95. The minimum atomic E-state index is -0.816. The summed E-state index contributed by atoms with van der Waals surface area (Å²) >= 11 is 0. The fraction of sp³-hybridized carbons (Fsp3) is 0.533. The first kappa shape index (κ1) is 13.9. The molecule has 2 atom stereocenters. The Morgan fingerprint density at radius 2 is 1.95 bits per heavy atom. The number of carboxylic acid groups (broad SMARTS) is 1. The zero-order chi connectivity index (χ0) is 13.7. The normalized spacial score (nSPS) is 23.0. The van der Waals surface area contributed by atoms with Crippen molar-refractivity contribution >= 4 is 5.97 Å². The Balaban J connectivity index is 1.90.